The summed E-state index contributed by atoms with van der Waals surface area (Å²) in [4.78, 5) is 20.3. The zero-order valence-corrected chi connectivity index (χ0v) is 15.8. The SMILES string of the molecule is N#CC(=Cc1csc(-c2ccc(F)cc2)n1)C(=O)c1c[nH]c2cc(Cl)ccc12. The van der Waals surface area contributed by atoms with Gasteiger partial charge < -0.3 is 4.98 Å². The number of fused-ring (bicyclic) bond motifs is 1. The maximum absolute atomic E-state index is 13.1. The summed E-state index contributed by atoms with van der Waals surface area (Å²) in [5.41, 5.74) is 2.36. The highest BCUT2D eigenvalue weighted by molar-refractivity contribution is 7.13. The number of aromatic amines is 1. The summed E-state index contributed by atoms with van der Waals surface area (Å²) in [6, 6.07) is 13.1. The molecule has 2 aromatic carbocycles. The largest absolute Gasteiger partial charge is 0.360 e. The van der Waals surface area contributed by atoms with E-state index in [4.69, 9.17) is 11.6 Å². The topological polar surface area (TPSA) is 69.5 Å². The van der Waals surface area contributed by atoms with Crippen molar-refractivity contribution in [2.75, 3.05) is 0 Å². The molecule has 2 heterocycles. The van der Waals surface area contributed by atoms with Gasteiger partial charge in [-0.2, -0.15) is 5.26 Å². The van der Waals surface area contributed by atoms with Gasteiger partial charge in [0.15, 0.2) is 0 Å². The monoisotopic (exact) mass is 407 g/mol. The van der Waals surface area contributed by atoms with Crippen molar-refractivity contribution >= 4 is 45.7 Å². The lowest BCUT2D eigenvalue weighted by Gasteiger charge is -1.98. The molecule has 0 bridgehead atoms. The number of thiazole rings is 1. The molecule has 4 nitrogen and oxygen atoms in total. The Morgan fingerprint density at radius 1 is 1.25 bits per heavy atom. The van der Waals surface area contributed by atoms with Crippen LogP contribution in [0.3, 0.4) is 0 Å². The standard InChI is InChI=1S/C21H11ClFN3OS/c22-14-3-6-17-18(10-25-19(17)8-14)20(27)13(9-24)7-16-11-28-21(26-16)12-1-4-15(23)5-2-12/h1-8,10-11,25H. The smallest absolute Gasteiger partial charge is 0.205 e. The number of aromatic nitrogens is 2. The maximum Gasteiger partial charge on any atom is 0.205 e. The quantitative estimate of drug-likeness (QED) is 0.261. The molecule has 4 aromatic rings. The lowest BCUT2D eigenvalue weighted by molar-refractivity contribution is 0.104. The molecule has 0 unspecified atom stereocenters. The Morgan fingerprint density at radius 2 is 2.04 bits per heavy atom. The lowest BCUT2D eigenvalue weighted by Crippen LogP contribution is -2.01. The fourth-order valence-corrected chi connectivity index (χ4v) is 3.76. The van der Waals surface area contributed by atoms with Gasteiger partial charge in [0.25, 0.3) is 0 Å². The first-order valence-electron chi connectivity index (χ1n) is 8.20. The number of Topliss-reactive ketones (excluding diaryl/α,β-unsaturated/α-hetero) is 1. The Labute approximate surface area is 168 Å². The van der Waals surface area contributed by atoms with Gasteiger partial charge in [-0.1, -0.05) is 17.7 Å². The highest BCUT2D eigenvalue weighted by Gasteiger charge is 2.17. The molecule has 0 aliphatic rings. The fourth-order valence-electron chi connectivity index (χ4n) is 2.81. The molecular weight excluding hydrogens is 397 g/mol. The Bertz CT molecular complexity index is 1270. The van der Waals surface area contributed by atoms with Crippen molar-refractivity contribution < 1.29 is 9.18 Å². The van der Waals surface area contributed by atoms with Gasteiger partial charge in [-0.3, -0.25) is 4.79 Å². The van der Waals surface area contributed by atoms with Crippen LogP contribution in [-0.2, 0) is 0 Å². The number of H-pyrrole nitrogens is 1. The molecular formula is C21H11ClFN3OS. The summed E-state index contributed by atoms with van der Waals surface area (Å²) < 4.78 is 13.1. The Kier molecular flexibility index (Phi) is 4.78. The van der Waals surface area contributed by atoms with Crippen LogP contribution in [0.1, 0.15) is 16.1 Å². The van der Waals surface area contributed by atoms with Crippen LogP contribution in [0.5, 0.6) is 0 Å². The molecule has 28 heavy (non-hydrogen) atoms. The van der Waals surface area contributed by atoms with Gasteiger partial charge >= 0.3 is 0 Å². The number of allylic oxidation sites excluding steroid dienone is 1. The van der Waals surface area contributed by atoms with Crippen LogP contribution in [0.25, 0.3) is 27.6 Å². The van der Waals surface area contributed by atoms with E-state index < -0.39 is 5.78 Å². The summed E-state index contributed by atoms with van der Waals surface area (Å²) >= 11 is 7.32. The minimum atomic E-state index is -0.396. The van der Waals surface area contributed by atoms with Crippen molar-refractivity contribution in [2.24, 2.45) is 0 Å². The van der Waals surface area contributed by atoms with E-state index in [2.05, 4.69) is 9.97 Å². The van der Waals surface area contributed by atoms with Gasteiger partial charge in [-0.25, -0.2) is 9.37 Å². The van der Waals surface area contributed by atoms with Crippen LogP contribution in [0.15, 0.2) is 59.6 Å². The summed E-state index contributed by atoms with van der Waals surface area (Å²) in [6.07, 6.45) is 3.03. The Hall–Kier alpha value is -3.27. The van der Waals surface area contributed by atoms with Crippen molar-refractivity contribution in [3.05, 3.63) is 81.7 Å². The average molecular weight is 408 g/mol. The molecule has 4 rings (SSSR count). The predicted molar refractivity (Wildman–Crippen MR) is 109 cm³/mol. The number of nitriles is 1. The molecule has 0 spiro atoms. The second kappa shape index (κ2) is 7.39. The van der Waals surface area contributed by atoms with Gasteiger partial charge in [0.2, 0.25) is 5.78 Å². The van der Waals surface area contributed by atoms with E-state index in [1.54, 1.807) is 41.9 Å². The molecule has 0 fully saturated rings. The van der Waals surface area contributed by atoms with E-state index in [1.807, 2.05) is 6.07 Å². The van der Waals surface area contributed by atoms with E-state index in [0.717, 1.165) is 11.1 Å². The van der Waals surface area contributed by atoms with Gasteiger partial charge in [0.1, 0.15) is 22.5 Å². The fraction of sp³-hybridized carbons (Fsp3) is 0. The number of rotatable bonds is 4. The summed E-state index contributed by atoms with van der Waals surface area (Å²) in [5, 5.41) is 13.2. The number of ketones is 1. The van der Waals surface area contributed by atoms with Crippen LogP contribution in [0.2, 0.25) is 5.02 Å². The predicted octanol–water partition coefficient (Wildman–Crippen LogP) is 5.87. The zero-order chi connectivity index (χ0) is 19.7. The molecule has 136 valence electrons. The van der Waals surface area contributed by atoms with Crippen molar-refractivity contribution in [1.82, 2.24) is 9.97 Å². The number of hydrogen-bond donors (Lipinski definition) is 1. The van der Waals surface area contributed by atoms with E-state index in [1.165, 1.54) is 29.5 Å². The first-order valence-corrected chi connectivity index (χ1v) is 9.45. The average Bonchev–Trinajstić information content (AvgIpc) is 3.33. The van der Waals surface area contributed by atoms with Crippen LogP contribution < -0.4 is 0 Å². The number of carbonyl (C=O) groups excluding carboxylic acids is 1. The minimum Gasteiger partial charge on any atom is -0.360 e. The molecule has 0 saturated carbocycles. The molecule has 0 aliphatic heterocycles. The lowest BCUT2D eigenvalue weighted by atomic mass is 10.0. The van der Waals surface area contributed by atoms with E-state index in [9.17, 15) is 14.4 Å². The van der Waals surface area contributed by atoms with Gasteiger partial charge in [0, 0.05) is 38.6 Å². The molecule has 0 amide bonds. The van der Waals surface area contributed by atoms with E-state index in [0.29, 0.717) is 26.7 Å². The van der Waals surface area contributed by atoms with Crippen LogP contribution in [0.4, 0.5) is 4.39 Å². The zero-order valence-electron chi connectivity index (χ0n) is 14.2. The second-order valence-corrected chi connectivity index (χ2v) is 7.27. The maximum atomic E-state index is 13.1. The van der Waals surface area contributed by atoms with Crippen molar-refractivity contribution in [1.29, 1.82) is 5.26 Å². The van der Waals surface area contributed by atoms with Crippen LogP contribution in [0, 0.1) is 17.1 Å². The van der Waals surface area contributed by atoms with Crippen LogP contribution >= 0.6 is 22.9 Å². The third kappa shape index (κ3) is 3.46. The molecule has 2 aromatic heterocycles. The Balaban J connectivity index is 1.67. The molecule has 0 aliphatic carbocycles. The molecule has 0 radical (unpaired) electrons. The molecule has 7 heteroatoms. The Morgan fingerprint density at radius 3 is 2.79 bits per heavy atom. The second-order valence-electron chi connectivity index (χ2n) is 5.98. The normalized spacial score (nSPS) is 11.5. The third-order valence-electron chi connectivity index (χ3n) is 4.16. The summed E-state index contributed by atoms with van der Waals surface area (Å²) in [7, 11) is 0. The number of carbonyl (C=O) groups is 1. The number of nitrogens with one attached hydrogen (secondary N) is 1. The van der Waals surface area contributed by atoms with Crippen LogP contribution in [-0.4, -0.2) is 15.8 Å². The third-order valence-corrected chi connectivity index (χ3v) is 5.30. The minimum absolute atomic E-state index is 0.0215. The number of halogens is 2. The molecule has 0 saturated heterocycles. The molecule has 0 atom stereocenters. The highest BCUT2D eigenvalue weighted by Crippen LogP contribution is 2.27. The van der Waals surface area contributed by atoms with Gasteiger partial charge in [-0.05, 0) is 42.5 Å². The first-order chi connectivity index (χ1) is 13.5. The number of hydrogen-bond acceptors (Lipinski definition) is 4. The van der Waals surface area contributed by atoms with Crippen molar-refractivity contribution in [3.63, 3.8) is 0 Å². The van der Waals surface area contributed by atoms with Crippen molar-refractivity contribution in [2.45, 2.75) is 0 Å². The highest BCUT2D eigenvalue weighted by atomic mass is 35.5. The first kappa shape index (κ1) is 18.1. The van der Waals surface area contributed by atoms with Gasteiger partial charge in [0.05, 0.1) is 5.69 Å². The van der Waals surface area contributed by atoms with E-state index in [-0.39, 0.29) is 11.4 Å². The number of nitrogens with zero attached hydrogens (tertiary/aromatic N) is 2. The number of benzene rings is 2. The summed E-state index contributed by atoms with van der Waals surface area (Å²) in [6.45, 7) is 0. The summed E-state index contributed by atoms with van der Waals surface area (Å²) in [5.74, 6) is -0.717. The van der Waals surface area contributed by atoms with Crippen molar-refractivity contribution in [3.8, 4) is 16.6 Å². The molecule has 1 N–H and O–H groups in total. The van der Waals surface area contributed by atoms with Gasteiger partial charge in [-0.15, -0.1) is 11.3 Å². The van der Waals surface area contributed by atoms with E-state index >= 15 is 0 Å².